The zero-order valence-corrected chi connectivity index (χ0v) is 19.0. The smallest absolute Gasteiger partial charge is 0.404 e. The second-order valence-electron chi connectivity index (χ2n) is 7.95. The molecule has 2 rings (SSSR count). The second-order valence-corrected chi connectivity index (χ2v) is 7.95. The molecular weight excluding hydrogens is 428 g/mol. The predicted molar refractivity (Wildman–Crippen MR) is 123 cm³/mol. The van der Waals surface area contributed by atoms with Gasteiger partial charge in [0.1, 0.15) is 12.3 Å². The zero-order valence-electron chi connectivity index (χ0n) is 19.0. The molecule has 1 fully saturated rings. The Kier molecular flexibility index (Phi) is 11.0. The van der Waals surface area contributed by atoms with Gasteiger partial charge in [-0.05, 0) is 25.0 Å². The zero-order chi connectivity index (χ0) is 24.1. The average molecular weight is 463 g/mol. The first kappa shape index (κ1) is 26.0. The van der Waals surface area contributed by atoms with Crippen LogP contribution in [0.5, 0.6) is 0 Å². The van der Waals surface area contributed by atoms with E-state index >= 15 is 0 Å². The molecule has 10 heteroatoms. The Hall–Kier alpha value is -3.30. The standard InChI is InChI=1S/C23H34N4O6/c1-2-20(29)26-15-16-27(21(30)17-26)22-12-10-18(33-22)9-11-19(28)24-13-7-5-3-4-6-8-14-25-23(31)32/h2,10,12,25H,1,3-9,11,13-17H2,(H,24,28)(H,31,32). The van der Waals surface area contributed by atoms with Crippen molar-refractivity contribution in [3.05, 3.63) is 30.5 Å². The van der Waals surface area contributed by atoms with Crippen molar-refractivity contribution in [2.24, 2.45) is 0 Å². The van der Waals surface area contributed by atoms with Crippen LogP contribution in [-0.4, -0.2) is 66.5 Å². The van der Waals surface area contributed by atoms with Crippen LogP contribution in [0.4, 0.5) is 10.7 Å². The minimum absolute atomic E-state index is 0.00871. The Labute approximate surface area is 194 Å². The van der Waals surface area contributed by atoms with Gasteiger partial charge in [0.05, 0.1) is 0 Å². The van der Waals surface area contributed by atoms with E-state index < -0.39 is 6.09 Å². The van der Waals surface area contributed by atoms with E-state index in [9.17, 15) is 19.2 Å². The molecule has 0 saturated carbocycles. The number of carboxylic acid groups (broad SMARTS) is 1. The molecule has 3 N–H and O–H groups in total. The predicted octanol–water partition coefficient (Wildman–Crippen LogP) is 2.30. The van der Waals surface area contributed by atoms with E-state index in [1.54, 1.807) is 12.1 Å². The Bertz CT molecular complexity index is 822. The minimum atomic E-state index is -0.981. The van der Waals surface area contributed by atoms with Gasteiger partial charge in [0.25, 0.3) is 0 Å². The number of amides is 4. The molecule has 0 aliphatic carbocycles. The average Bonchev–Trinajstić information content (AvgIpc) is 3.26. The summed E-state index contributed by atoms with van der Waals surface area (Å²) < 4.78 is 5.74. The van der Waals surface area contributed by atoms with Gasteiger partial charge in [-0.25, -0.2) is 4.79 Å². The summed E-state index contributed by atoms with van der Waals surface area (Å²) in [5.74, 6) is 0.543. The third-order valence-electron chi connectivity index (χ3n) is 5.42. The number of unbranched alkanes of at least 4 members (excludes halogenated alkanes) is 5. The van der Waals surface area contributed by atoms with Crippen LogP contribution in [0.1, 0.15) is 50.7 Å². The number of rotatable bonds is 14. The highest BCUT2D eigenvalue weighted by atomic mass is 16.4. The van der Waals surface area contributed by atoms with E-state index in [-0.39, 0.29) is 24.3 Å². The Balaban J connectivity index is 1.56. The van der Waals surface area contributed by atoms with Gasteiger partial charge in [-0.2, -0.15) is 0 Å². The molecule has 0 spiro atoms. The number of nitrogens with zero attached hydrogens (tertiary/aromatic N) is 2. The molecule has 182 valence electrons. The van der Waals surface area contributed by atoms with E-state index in [1.165, 1.54) is 15.9 Å². The van der Waals surface area contributed by atoms with E-state index in [2.05, 4.69) is 17.2 Å². The summed E-state index contributed by atoms with van der Waals surface area (Å²) in [6.07, 6.45) is 6.85. The molecule has 2 heterocycles. The molecule has 1 saturated heterocycles. The third kappa shape index (κ3) is 9.38. The maximum atomic E-state index is 12.3. The number of hydrogen-bond acceptors (Lipinski definition) is 5. The Morgan fingerprint density at radius 2 is 1.70 bits per heavy atom. The first-order valence-electron chi connectivity index (χ1n) is 11.4. The molecule has 1 aromatic heterocycles. The van der Waals surface area contributed by atoms with Gasteiger partial charge in [0.15, 0.2) is 0 Å². The van der Waals surface area contributed by atoms with Crippen LogP contribution in [-0.2, 0) is 20.8 Å². The van der Waals surface area contributed by atoms with E-state index in [4.69, 9.17) is 9.52 Å². The maximum Gasteiger partial charge on any atom is 0.404 e. The maximum absolute atomic E-state index is 12.3. The molecule has 1 aliphatic heterocycles. The van der Waals surface area contributed by atoms with Gasteiger partial charge >= 0.3 is 6.09 Å². The Morgan fingerprint density at radius 1 is 1.03 bits per heavy atom. The summed E-state index contributed by atoms with van der Waals surface area (Å²) in [7, 11) is 0. The van der Waals surface area contributed by atoms with Crippen molar-refractivity contribution in [2.45, 2.75) is 51.4 Å². The first-order valence-corrected chi connectivity index (χ1v) is 11.4. The van der Waals surface area contributed by atoms with Gasteiger partial charge in [-0.3, -0.25) is 19.3 Å². The molecule has 0 radical (unpaired) electrons. The topological polar surface area (TPSA) is 132 Å². The summed E-state index contributed by atoms with van der Waals surface area (Å²) >= 11 is 0. The summed E-state index contributed by atoms with van der Waals surface area (Å²) in [5.41, 5.74) is 0. The van der Waals surface area contributed by atoms with Crippen LogP contribution in [0, 0.1) is 0 Å². The molecule has 33 heavy (non-hydrogen) atoms. The van der Waals surface area contributed by atoms with E-state index in [1.807, 2.05) is 0 Å². The van der Waals surface area contributed by atoms with Crippen molar-refractivity contribution < 1.29 is 28.7 Å². The van der Waals surface area contributed by atoms with Crippen molar-refractivity contribution in [1.82, 2.24) is 15.5 Å². The first-order chi connectivity index (χ1) is 15.9. The monoisotopic (exact) mass is 462 g/mol. The summed E-state index contributed by atoms with van der Waals surface area (Å²) in [6, 6.07) is 3.48. The number of hydrogen-bond donors (Lipinski definition) is 3. The molecule has 0 aromatic carbocycles. The van der Waals surface area contributed by atoms with Crippen molar-refractivity contribution in [3.63, 3.8) is 0 Å². The van der Waals surface area contributed by atoms with Crippen molar-refractivity contribution in [1.29, 1.82) is 0 Å². The van der Waals surface area contributed by atoms with Gasteiger partial charge in [-0.15, -0.1) is 0 Å². The molecule has 1 aliphatic rings. The fourth-order valence-corrected chi connectivity index (χ4v) is 3.57. The van der Waals surface area contributed by atoms with Crippen LogP contribution in [0.2, 0.25) is 0 Å². The molecule has 0 bridgehead atoms. The highest BCUT2D eigenvalue weighted by Crippen LogP contribution is 2.22. The number of furan rings is 1. The van der Waals surface area contributed by atoms with Gasteiger partial charge in [0, 0.05) is 45.1 Å². The lowest BCUT2D eigenvalue weighted by Gasteiger charge is -2.32. The third-order valence-corrected chi connectivity index (χ3v) is 5.42. The lowest BCUT2D eigenvalue weighted by Crippen LogP contribution is -2.52. The van der Waals surface area contributed by atoms with Crippen molar-refractivity contribution >= 4 is 29.7 Å². The van der Waals surface area contributed by atoms with Crippen molar-refractivity contribution in [2.75, 3.05) is 37.6 Å². The number of nitrogens with one attached hydrogen (secondary N) is 2. The normalized spacial score (nSPS) is 13.6. The fraction of sp³-hybridized carbons (Fsp3) is 0.565. The molecule has 1 aromatic rings. The van der Waals surface area contributed by atoms with Gasteiger partial charge in [-0.1, -0.05) is 32.3 Å². The molecular formula is C23H34N4O6. The van der Waals surface area contributed by atoms with Crippen LogP contribution >= 0.6 is 0 Å². The largest absolute Gasteiger partial charge is 0.465 e. The van der Waals surface area contributed by atoms with Crippen LogP contribution < -0.4 is 15.5 Å². The van der Waals surface area contributed by atoms with Gasteiger partial charge in [0.2, 0.25) is 23.6 Å². The Morgan fingerprint density at radius 3 is 2.33 bits per heavy atom. The number of aryl methyl sites for hydroxylation is 1. The van der Waals surface area contributed by atoms with Crippen LogP contribution in [0.3, 0.4) is 0 Å². The molecule has 0 atom stereocenters. The highest BCUT2D eigenvalue weighted by molar-refractivity contribution is 5.98. The van der Waals surface area contributed by atoms with Crippen LogP contribution in [0.15, 0.2) is 29.2 Å². The number of anilines is 1. The van der Waals surface area contributed by atoms with Gasteiger partial charge < -0.3 is 25.1 Å². The lowest BCUT2D eigenvalue weighted by atomic mass is 10.1. The number of carbonyl (C=O) groups is 4. The summed E-state index contributed by atoms with van der Waals surface area (Å²) in [6.45, 7) is 5.32. The molecule has 4 amide bonds. The quantitative estimate of drug-likeness (QED) is 0.287. The lowest BCUT2D eigenvalue weighted by molar-refractivity contribution is -0.133. The minimum Gasteiger partial charge on any atom is -0.465 e. The summed E-state index contributed by atoms with van der Waals surface area (Å²) in [5, 5.41) is 13.7. The number of piperazine rings is 1. The van der Waals surface area contributed by atoms with E-state index in [0.717, 1.165) is 38.5 Å². The molecule has 0 unspecified atom stereocenters. The summed E-state index contributed by atoms with van der Waals surface area (Å²) in [4.78, 5) is 49.3. The van der Waals surface area contributed by atoms with E-state index in [0.29, 0.717) is 50.7 Å². The SMILES string of the molecule is C=CC(=O)N1CCN(c2ccc(CCC(=O)NCCCCCCCCNC(=O)O)o2)C(=O)C1. The highest BCUT2D eigenvalue weighted by Gasteiger charge is 2.28. The van der Waals surface area contributed by atoms with Crippen LogP contribution in [0.25, 0.3) is 0 Å². The molecule has 10 nitrogen and oxygen atoms in total. The fourth-order valence-electron chi connectivity index (χ4n) is 3.57. The second kappa shape index (κ2) is 14.0. The number of carbonyl (C=O) groups excluding carboxylic acids is 3. The van der Waals surface area contributed by atoms with Crippen molar-refractivity contribution in [3.8, 4) is 0 Å².